The van der Waals surface area contributed by atoms with E-state index in [4.69, 9.17) is 41.8 Å². The Morgan fingerprint density at radius 1 is 0.939 bits per heavy atom. The summed E-state index contributed by atoms with van der Waals surface area (Å²) >= 11 is 12.9. The largest absolute Gasteiger partial charge is 0.494 e. The first-order valence-electron chi connectivity index (χ1n) is 11.1. The molecule has 1 fully saturated rings. The van der Waals surface area contributed by atoms with Crippen molar-refractivity contribution in [2.45, 2.75) is 65.3 Å². The van der Waals surface area contributed by atoms with Gasteiger partial charge in [-0.05, 0) is 63.8 Å². The number of aryl methyl sites for hydroxylation is 1. The summed E-state index contributed by atoms with van der Waals surface area (Å²) in [5, 5.41) is 5.32. The number of halogens is 2. The highest BCUT2D eigenvalue weighted by molar-refractivity contribution is 6.62. The molecular formula is C25H28BCl2NO4. The van der Waals surface area contributed by atoms with Gasteiger partial charge in [0.25, 0.3) is 0 Å². The molecule has 33 heavy (non-hydrogen) atoms. The van der Waals surface area contributed by atoms with Crippen LogP contribution in [0.3, 0.4) is 0 Å². The lowest BCUT2D eigenvalue weighted by Gasteiger charge is -2.32. The van der Waals surface area contributed by atoms with E-state index in [9.17, 15) is 0 Å². The van der Waals surface area contributed by atoms with Crippen LogP contribution in [-0.2, 0) is 22.3 Å². The fraction of sp³-hybridized carbons (Fsp3) is 0.400. The zero-order valence-electron chi connectivity index (χ0n) is 19.6. The molecule has 5 nitrogen and oxygen atoms in total. The van der Waals surface area contributed by atoms with Crippen LogP contribution in [0.1, 0.15) is 52.4 Å². The Morgan fingerprint density at radius 3 is 2.12 bits per heavy atom. The van der Waals surface area contributed by atoms with Gasteiger partial charge in [-0.25, -0.2) is 0 Å². The molecule has 0 aliphatic carbocycles. The molecule has 4 rings (SSSR count). The third-order valence-corrected chi connectivity index (χ3v) is 6.96. The Bertz CT molecular complexity index is 1090. The summed E-state index contributed by atoms with van der Waals surface area (Å²) in [5.41, 5.74) is 2.30. The molecule has 2 heterocycles. The maximum atomic E-state index is 6.43. The molecule has 1 aliphatic heterocycles. The lowest BCUT2D eigenvalue weighted by atomic mass is 9.79. The number of hydrogen-bond acceptors (Lipinski definition) is 5. The monoisotopic (exact) mass is 487 g/mol. The van der Waals surface area contributed by atoms with Crippen LogP contribution in [0, 0.1) is 0 Å². The van der Waals surface area contributed by atoms with Gasteiger partial charge in [0.05, 0.1) is 26.8 Å². The van der Waals surface area contributed by atoms with E-state index in [1.807, 2.05) is 52.0 Å². The molecule has 1 aromatic heterocycles. The Hall–Kier alpha value is -1.99. The van der Waals surface area contributed by atoms with E-state index >= 15 is 0 Å². The second-order valence-corrected chi connectivity index (χ2v) is 10.0. The third kappa shape index (κ3) is 4.81. The minimum Gasteiger partial charge on any atom is -0.489 e. The summed E-state index contributed by atoms with van der Waals surface area (Å²) in [6.07, 6.45) is 1.66. The van der Waals surface area contributed by atoms with Gasteiger partial charge >= 0.3 is 7.12 Å². The molecule has 0 atom stereocenters. The van der Waals surface area contributed by atoms with Gasteiger partial charge in [-0.1, -0.05) is 53.5 Å². The molecule has 0 saturated carbocycles. The fourth-order valence-electron chi connectivity index (χ4n) is 3.69. The average molecular weight is 488 g/mol. The molecule has 1 aliphatic rings. The van der Waals surface area contributed by atoms with E-state index in [1.165, 1.54) is 0 Å². The first kappa shape index (κ1) is 24.1. The van der Waals surface area contributed by atoms with E-state index in [-0.39, 0.29) is 17.8 Å². The predicted octanol–water partition coefficient (Wildman–Crippen LogP) is 6.48. The molecule has 0 unspecified atom stereocenters. The lowest BCUT2D eigenvalue weighted by molar-refractivity contribution is 0.00578. The number of benzene rings is 2. The molecule has 0 radical (unpaired) electrons. The second kappa shape index (κ2) is 9.34. The Balaban J connectivity index is 1.53. The fourth-order valence-corrected chi connectivity index (χ4v) is 4.27. The van der Waals surface area contributed by atoms with Gasteiger partial charge in [-0.3, -0.25) is 0 Å². The van der Waals surface area contributed by atoms with Crippen molar-refractivity contribution >= 4 is 35.8 Å². The van der Waals surface area contributed by atoms with Crippen molar-refractivity contribution in [1.82, 2.24) is 5.16 Å². The molecular weight excluding hydrogens is 460 g/mol. The number of hydrogen-bond donors (Lipinski definition) is 0. The molecule has 0 amide bonds. The van der Waals surface area contributed by atoms with Crippen molar-refractivity contribution in [2.75, 3.05) is 0 Å². The summed E-state index contributed by atoms with van der Waals surface area (Å²) in [5.74, 6) is 1.49. The summed E-state index contributed by atoms with van der Waals surface area (Å²) in [7, 11) is -0.410. The van der Waals surface area contributed by atoms with Crippen LogP contribution < -0.4 is 10.2 Å². The number of ether oxygens (including phenoxy) is 1. The van der Waals surface area contributed by atoms with Gasteiger partial charge in [0.2, 0.25) is 0 Å². The van der Waals surface area contributed by atoms with E-state index in [1.54, 1.807) is 18.2 Å². The molecule has 0 spiro atoms. The highest BCUT2D eigenvalue weighted by Crippen LogP contribution is 2.38. The quantitative estimate of drug-likeness (QED) is 0.357. The second-order valence-electron chi connectivity index (χ2n) is 9.23. The summed E-state index contributed by atoms with van der Waals surface area (Å²) < 4.78 is 24.0. The van der Waals surface area contributed by atoms with Crippen molar-refractivity contribution < 1.29 is 18.6 Å². The minimum atomic E-state index is -0.410. The van der Waals surface area contributed by atoms with Crippen molar-refractivity contribution in [2.24, 2.45) is 0 Å². The van der Waals surface area contributed by atoms with Gasteiger partial charge < -0.3 is 18.6 Å². The first-order chi connectivity index (χ1) is 15.6. The summed E-state index contributed by atoms with van der Waals surface area (Å²) in [6, 6.07) is 13.1. The van der Waals surface area contributed by atoms with Crippen LogP contribution in [0.5, 0.6) is 5.75 Å². The van der Waals surface area contributed by atoms with E-state index in [2.05, 4.69) is 12.1 Å². The molecule has 0 N–H and O–H groups in total. The van der Waals surface area contributed by atoms with Gasteiger partial charge in [0.15, 0.2) is 0 Å². The Morgan fingerprint density at radius 2 is 1.55 bits per heavy atom. The van der Waals surface area contributed by atoms with Gasteiger partial charge in [-0.15, -0.1) is 0 Å². The molecule has 174 valence electrons. The van der Waals surface area contributed by atoms with Crippen molar-refractivity contribution in [1.29, 1.82) is 0 Å². The predicted molar refractivity (Wildman–Crippen MR) is 132 cm³/mol. The number of aromatic nitrogens is 1. The smallest absolute Gasteiger partial charge is 0.489 e. The number of nitrogens with zero attached hydrogens (tertiary/aromatic N) is 1. The van der Waals surface area contributed by atoms with Crippen LogP contribution in [0.25, 0.3) is 11.3 Å². The minimum absolute atomic E-state index is 0.283. The standard InChI is InChI=1S/C25H28BCl2NO4/c1-6-8-21-18(23(29-31-21)22-19(27)9-7-10-20(22)28)15-30-17-13-11-16(12-14-17)26-32-24(2,3)25(4,5)33-26/h7,9-14H,6,8,15H2,1-5H3. The Labute approximate surface area is 205 Å². The zero-order valence-corrected chi connectivity index (χ0v) is 21.1. The van der Waals surface area contributed by atoms with Crippen LogP contribution >= 0.6 is 23.2 Å². The summed E-state index contributed by atoms with van der Waals surface area (Å²) in [4.78, 5) is 0. The highest BCUT2D eigenvalue weighted by Gasteiger charge is 2.51. The van der Waals surface area contributed by atoms with Crippen LogP contribution in [-0.4, -0.2) is 23.5 Å². The van der Waals surface area contributed by atoms with Gasteiger partial charge in [0.1, 0.15) is 23.8 Å². The molecule has 1 saturated heterocycles. The molecule has 0 bridgehead atoms. The van der Waals surface area contributed by atoms with E-state index < -0.39 is 7.12 Å². The van der Waals surface area contributed by atoms with Crippen molar-refractivity contribution in [3.05, 3.63) is 63.8 Å². The van der Waals surface area contributed by atoms with Crippen LogP contribution in [0.15, 0.2) is 47.0 Å². The molecule has 3 aromatic rings. The topological polar surface area (TPSA) is 53.7 Å². The molecule has 2 aromatic carbocycles. The third-order valence-electron chi connectivity index (χ3n) is 6.33. The summed E-state index contributed by atoms with van der Waals surface area (Å²) in [6.45, 7) is 10.5. The van der Waals surface area contributed by atoms with Crippen molar-refractivity contribution in [3.63, 3.8) is 0 Å². The van der Waals surface area contributed by atoms with Gasteiger partial charge in [-0.2, -0.15) is 0 Å². The van der Waals surface area contributed by atoms with Crippen molar-refractivity contribution in [3.8, 4) is 17.0 Å². The van der Waals surface area contributed by atoms with Crippen LogP contribution in [0.4, 0.5) is 0 Å². The van der Waals surface area contributed by atoms with E-state index in [0.717, 1.165) is 35.4 Å². The van der Waals surface area contributed by atoms with Gasteiger partial charge in [0, 0.05) is 12.0 Å². The zero-order chi connectivity index (χ0) is 23.8. The first-order valence-corrected chi connectivity index (χ1v) is 11.9. The Kier molecular flexibility index (Phi) is 6.83. The SMILES string of the molecule is CCCc1onc(-c2c(Cl)cccc2Cl)c1COc1ccc(B2OC(C)(C)C(C)(C)O2)cc1. The maximum Gasteiger partial charge on any atom is 0.494 e. The van der Waals surface area contributed by atoms with Crippen LogP contribution in [0.2, 0.25) is 10.0 Å². The number of rotatable bonds is 7. The average Bonchev–Trinajstić information content (AvgIpc) is 3.23. The van der Waals surface area contributed by atoms with E-state index in [0.29, 0.717) is 21.3 Å². The normalized spacial score (nSPS) is 16.9. The lowest BCUT2D eigenvalue weighted by Crippen LogP contribution is -2.41. The molecule has 8 heteroatoms. The maximum absolute atomic E-state index is 6.43. The highest BCUT2D eigenvalue weighted by atomic mass is 35.5.